The quantitative estimate of drug-likeness (QED) is 0.168. The third-order valence-corrected chi connectivity index (χ3v) is 14.7. The van der Waals surface area contributed by atoms with Gasteiger partial charge in [0.25, 0.3) is 0 Å². The Kier molecular flexibility index (Phi) is 6.91. The number of hydrogen-bond donors (Lipinski definition) is 0. The molecule has 0 amide bonds. The van der Waals surface area contributed by atoms with Crippen LogP contribution in [0.25, 0.3) is 88.3 Å². The minimum absolute atomic E-state index is 0.0246. The van der Waals surface area contributed by atoms with E-state index in [0.29, 0.717) is 0 Å². The molecule has 0 N–H and O–H groups in total. The molecule has 0 aliphatic heterocycles. The van der Waals surface area contributed by atoms with E-state index in [1.807, 2.05) is 0 Å². The monoisotopic (exact) mass is 754 g/mol. The fourth-order valence-corrected chi connectivity index (χ4v) is 11.5. The van der Waals surface area contributed by atoms with Crippen molar-refractivity contribution >= 4 is 21.5 Å². The van der Waals surface area contributed by atoms with Gasteiger partial charge in [0.2, 0.25) is 0 Å². The molecule has 0 bridgehead atoms. The molecule has 0 fully saturated rings. The van der Waals surface area contributed by atoms with Gasteiger partial charge < -0.3 is 0 Å². The van der Waals surface area contributed by atoms with Crippen molar-refractivity contribution in [3.8, 4) is 66.8 Å². The van der Waals surface area contributed by atoms with Gasteiger partial charge in [0.15, 0.2) is 0 Å². The van der Waals surface area contributed by atoms with Crippen molar-refractivity contribution in [3.63, 3.8) is 0 Å². The summed E-state index contributed by atoms with van der Waals surface area (Å²) in [6.45, 7) is 14.4. The van der Waals surface area contributed by atoms with Crippen molar-refractivity contribution in [1.82, 2.24) is 0 Å². The van der Waals surface area contributed by atoms with Gasteiger partial charge in [-0.15, -0.1) is 0 Å². The van der Waals surface area contributed by atoms with Crippen molar-refractivity contribution in [2.45, 2.75) is 57.8 Å². The Hall–Kier alpha value is -6.50. The summed E-state index contributed by atoms with van der Waals surface area (Å²) in [5.74, 6) is 0. The second-order valence-electron chi connectivity index (χ2n) is 18.9. The molecule has 0 saturated carbocycles. The fraction of sp³-hybridized carbons (Fsp3) is 0.153. The summed E-state index contributed by atoms with van der Waals surface area (Å²) in [5.41, 5.74) is 24.1. The summed E-state index contributed by atoms with van der Waals surface area (Å²) in [7, 11) is 0. The minimum atomic E-state index is -0.185. The van der Waals surface area contributed by atoms with Crippen LogP contribution in [0.15, 0.2) is 170 Å². The van der Waals surface area contributed by atoms with Crippen LogP contribution in [-0.2, 0) is 16.2 Å². The van der Waals surface area contributed by atoms with Crippen LogP contribution in [0.3, 0.4) is 0 Å². The van der Waals surface area contributed by atoms with Gasteiger partial charge in [0.1, 0.15) is 0 Å². The summed E-state index contributed by atoms with van der Waals surface area (Å²) >= 11 is 0. The second-order valence-corrected chi connectivity index (χ2v) is 18.9. The van der Waals surface area contributed by atoms with Crippen LogP contribution in [0.2, 0.25) is 0 Å². The molecule has 0 radical (unpaired) electrons. The van der Waals surface area contributed by atoms with Crippen molar-refractivity contribution in [2.24, 2.45) is 0 Å². The highest BCUT2D eigenvalue weighted by Gasteiger charge is 2.41. The van der Waals surface area contributed by atoms with Crippen molar-refractivity contribution in [2.75, 3.05) is 0 Å². The molecule has 0 heteroatoms. The molecular weight excluding hydrogens is 709 g/mol. The number of fused-ring (bicyclic) bond motifs is 13. The van der Waals surface area contributed by atoms with E-state index in [2.05, 4.69) is 211 Å². The second kappa shape index (κ2) is 11.8. The van der Waals surface area contributed by atoms with Crippen molar-refractivity contribution < 1.29 is 0 Å². The minimum Gasteiger partial charge on any atom is -0.0622 e. The van der Waals surface area contributed by atoms with Crippen molar-refractivity contribution in [3.05, 3.63) is 203 Å². The Morgan fingerprint density at radius 1 is 0.237 bits per heavy atom. The van der Waals surface area contributed by atoms with E-state index in [9.17, 15) is 0 Å². The molecule has 9 aromatic carbocycles. The normalized spacial score (nSPS) is 15.7. The Morgan fingerprint density at radius 3 is 1.15 bits per heavy atom. The topological polar surface area (TPSA) is 0 Å². The van der Waals surface area contributed by atoms with Crippen LogP contribution in [0.5, 0.6) is 0 Å². The van der Waals surface area contributed by atoms with Gasteiger partial charge in [-0.1, -0.05) is 181 Å². The lowest BCUT2D eigenvalue weighted by Gasteiger charge is -2.25. The number of rotatable bonds is 3. The number of hydrogen-bond acceptors (Lipinski definition) is 0. The maximum atomic E-state index is 2.54. The number of benzene rings is 9. The smallest absolute Gasteiger partial charge is 0.0159 e. The summed E-state index contributed by atoms with van der Waals surface area (Å²) in [5, 5.41) is 5.28. The molecule has 0 spiro atoms. The summed E-state index contributed by atoms with van der Waals surface area (Å²) in [4.78, 5) is 0. The third-order valence-electron chi connectivity index (χ3n) is 14.7. The molecule has 12 rings (SSSR count). The first-order chi connectivity index (χ1) is 28.5. The molecule has 0 atom stereocenters. The summed E-state index contributed by atoms with van der Waals surface area (Å²) < 4.78 is 0. The van der Waals surface area contributed by atoms with Gasteiger partial charge in [-0.3, -0.25) is 0 Å². The van der Waals surface area contributed by atoms with E-state index in [0.717, 1.165) is 0 Å². The molecule has 3 aliphatic rings. The Morgan fingerprint density at radius 2 is 0.610 bits per heavy atom. The molecule has 3 aliphatic carbocycles. The van der Waals surface area contributed by atoms with Crippen LogP contribution in [0, 0.1) is 0 Å². The maximum Gasteiger partial charge on any atom is 0.0159 e. The van der Waals surface area contributed by atoms with Crippen LogP contribution < -0.4 is 0 Å². The van der Waals surface area contributed by atoms with Gasteiger partial charge in [-0.25, -0.2) is 0 Å². The zero-order chi connectivity index (χ0) is 40.0. The van der Waals surface area contributed by atoms with Gasteiger partial charge in [-0.05, 0) is 152 Å². The molecule has 0 nitrogen and oxygen atoms in total. The zero-order valence-corrected chi connectivity index (χ0v) is 34.7. The largest absolute Gasteiger partial charge is 0.0622 e. The predicted octanol–water partition coefficient (Wildman–Crippen LogP) is 15.9. The molecule has 9 aromatic rings. The SMILES string of the molecule is CC1(C)c2ccccc2-c2ccc(-c3ccc4c(c3)C(C)(C)c3cc(-c5cc6c(c7ccccc57)-c5c(cc(-c7ccccc7)c7ccccc57)C6(C)C)ccc3-4)cc21. The van der Waals surface area contributed by atoms with E-state index < -0.39 is 0 Å². The van der Waals surface area contributed by atoms with E-state index in [-0.39, 0.29) is 16.2 Å². The van der Waals surface area contributed by atoms with Crippen LogP contribution >= 0.6 is 0 Å². The maximum absolute atomic E-state index is 2.54. The van der Waals surface area contributed by atoms with Crippen LogP contribution in [0.4, 0.5) is 0 Å². The molecule has 0 heterocycles. The molecule has 282 valence electrons. The molecule has 0 saturated heterocycles. The molecule has 0 aromatic heterocycles. The highest BCUT2D eigenvalue weighted by molar-refractivity contribution is 6.16. The average Bonchev–Trinajstić information content (AvgIpc) is 3.75. The third kappa shape index (κ3) is 4.61. The predicted molar refractivity (Wildman–Crippen MR) is 250 cm³/mol. The highest BCUT2D eigenvalue weighted by atomic mass is 14.4. The molecular formula is C59H46. The van der Waals surface area contributed by atoms with Gasteiger partial charge in [0, 0.05) is 16.2 Å². The first kappa shape index (κ1) is 34.5. The van der Waals surface area contributed by atoms with E-state index in [4.69, 9.17) is 0 Å². The van der Waals surface area contributed by atoms with Gasteiger partial charge in [0.05, 0.1) is 0 Å². The van der Waals surface area contributed by atoms with E-state index >= 15 is 0 Å². The lowest BCUT2D eigenvalue weighted by atomic mass is 9.78. The average molecular weight is 755 g/mol. The Bertz CT molecular complexity index is 3280. The molecule has 59 heavy (non-hydrogen) atoms. The van der Waals surface area contributed by atoms with E-state index in [1.54, 1.807) is 0 Å². The van der Waals surface area contributed by atoms with Crippen molar-refractivity contribution in [1.29, 1.82) is 0 Å². The van der Waals surface area contributed by atoms with Gasteiger partial charge in [-0.2, -0.15) is 0 Å². The standard InChI is InChI=1S/C59H46/c1-57(2)49-23-15-14-20-41(49)42-27-24-36(30-50(42)57)37-25-28-43-44-29-26-38(32-52(44)58(3,4)51(43)31-37)48-34-54-56(46-22-13-11-19-40(46)48)55-45-21-12-10-18-39(45)47(33-53(55)59(54,5)6)35-16-8-7-9-17-35/h7-34H,1-6H3. The molecule has 0 unspecified atom stereocenters. The Balaban J connectivity index is 0.984. The lowest BCUT2D eigenvalue weighted by molar-refractivity contribution is 0.659. The van der Waals surface area contributed by atoms with Crippen LogP contribution in [-0.4, -0.2) is 0 Å². The zero-order valence-electron chi connectivity index (χ0n) is 34.7. The summed E-state index contributed by atoms with van der Waals surface area (Å²) in [6, 6.07) is 64.6. The summed E-state index contributed by atoms with van der Waals surface area (Å²) in [6.07, 6.45) is 0. The van der Waals surface area contributed by atoms with Crippen LogP contribution in [0.1, 0.15) is 74.9 Å². The Labute approximate surface area is 347 Å². The fourth-order valence-electron chi connectivity index (χ4n) is 11.5. The lowest BCUT2D eigenvalue weighted by Crippen LogP contribution is -2.16. The van der Waals surface area contributed by atoms with Gasteiger partial charge >= 0.3 is 0 Å². The van der Waals surface area contributed by atoms with E-state index in [1.165, 1.54) is 122 Å². The first-order valence-electron chi connectivity index (χ1n) is 21.3. The first-order valence-corrected chi connectivity index (χ1v) is 21.3. The highest BCUT2D eigenvalue weighted by Crippen LogP contribution is 2.58.